The molecule has 0 saturated carbocycles. The van der Waals surface area contributed by atoms with E-state index in [9.17, 15) is 14.7 Å². The second-order valence-electron chi connectivity index (χ2n) is 2.99. The zero-order valence-corrected chi connectivity index (χ0v) is 8.53. The van der Waals surface area contributed by atoms with Crippen LogP contribution >= 0.6 is 15.9 Å². The molecule has 6 heteroatoms. The van der Waals surface area contributed by atoms with Crippen LogP contribution in [0.5, 0.6) is 0 Å². The SMILES string of the molecule is NC(=O)C1CC(O)CN1C(=O)CBr. The number of hydrogen-bond acceptors (Lipinski definition) is 3. The van der Waals surface area contributed by atoms with Crippen molar-refractivity contribution in [1.82, 2.24) is 4.90 Å². The van der Waals surface area contributed by atoms with Gasteiger partial charge in [-0.05, 0) is 0 Å². The van der Waals surface area contributed by atoms with Gasteiger partial charge in [0.15, 0.2) is 0 Å². The first-order valence-electron chi connectivity index (χ1n) is 3.89. The van der Waals surface area contributed by atoms with Crippen molar-refractivity contribution < 1.29 is 14.7 Å². The van der Waals surface area contributed by atoms with Crippen molar-refractivity contribution in [2.75, 3.05) is 11.9 Å². The molecule has 1 aliphatic heterocycles. The highest BCUT2D eigenvalue weighted by atomic mass is 79.9. The highest BCUT2D eigenvalue weighted by Gasteiger charge is 2.36. The van der Waals surface area contributed by atoms with Gasteiger partial charge in [0.1, 0.15) is 6.04 Å². The Morgan fingerprint density at radius 3 is 2.69 bits per heavy atom. The highest BCUT2D eigenvalue weighted by Crippen LogP contribution is 2.17. The van der Waals surface area contributed by atoms with Gasteiger partial charge < -0.3 is 15.7 Å². The molecule has 2 amide bonds. The van der Waals surface area contributed by atoms with Gasteiger partial charge in [0.25, 0.3) is 0 Å². The van der Waals surface area contributed by atoms with E-state index in [1.807, 2.05) is 0 Å². The van der Waals surface area contributed by atoms with Crippen LogP contribution in [0.3, 0.4) is 0 Å². The lowest BCUT2D eigenvalue weighted by atomic mass is 10.2. The molecule has 0 radical (unpaired) electrons. The molecule has 1 saturated heterocycles. The molecule has 1 rings (SSSR count). The second-order valence-corrected chi connectivity index (χ2v) is 3.55. The summed E-state index contributed by atoms with van der Waals surface area (Å²) >= 11 is 3.00. The molecule has 0 aromatic rings. The van der Waals surface area contributed by atoms with Crippen LogP contribution in [-0.4, -0.2) is 45.8 Å². The molecule has 13 heavy (non-hydrogen) atoms. The van der Waals surface area contributed by atoms with Gasteiger partial charge >= 0.3 is 0 Å². The van der Waals surface area contributed by atoms with Crippen molar-refractivity contribution in [3.8, 4) is 0 Å². The van der Waals surface area contributed by atoms with E-state index in [-0.39, 0.29) is 24.2 Å². The number of halogens is 1. The molecule has 2 atom stereocenters. The molecule has 0 bridgehead atoms. The minimum absolute atomic E-state index is 0.142. The Bertz CT molecular complexity index is 234. The fourth-order valence-corrected chi connectivity index (χ4v) is 1.76. The lowest BCUT2D eigenvalue weighted by Gasteiger charge is -2.20. The fourth-order valence-electron chi connectivity index (χ4n) is 1.44. The van der Waals surface area contributed by atoms with Crippen LogP contribution < -0.4 is 5.73 Å². The van der Waals surface area contributed by atoms with E-state index in [2.05, 4.69) is 15.9 Å². The van der Waals surface area contributed by atoms with Gasteiger partial charge in [-0.1, -0.05) is 15.9 Å². The van der Waals surface area contributed by atoms with Crippen molar-refractivity contribution in [2.45, 2.75) is 18.6 Å². The Morgan fingerprint density at radius 2 is 2.23 bits per heavy atom. The standard InChI is InChI=1S/C7H11BrN2O3/c8-2-6(12)10-3-4(11)1-5(10)7(9)13/h4-5,11H,1-3H2,(H2,9,13). The van der Waals surface area contributed by atoms with Gasteiger partial charge in [0.05, 0.1) is 11.4 Å². The van der Waals surface area contributed by atoms with Crippen LogP contribution in [0.15, 0.2) is 0 Å². The predicted octanol–water partition coefficient (Wildman–Crippen LogP) is -1.17. The summed E-state index contributed by atoms with van der Waals surface area (Å²) in [4.78, 5) is 23.4. The number of aliphatic hydroxyl groups excluding tert-OH is 1. The number of carbonyl (C=O) groups excluding carboxylic acids is 2. The van der Waals surface area contributed by atoms with Crippen molar-refractivity contribution in [1.29, 1.82) is 0 Å². The molecule has 0 aromatic carbocycles. The van der Waals surface area contributed by atoms with Gasteiger partial charge in [-0.15, -0.1) is 0 Å². The van der Waals surface area contributed by atoms with Crippen LogP contribution in [0.25, 0.3) is 0 Å². The number of hydrogen-bond donors (Lipinski definition) is 2. The van der Waals surface area contributed by atoms with Crippen LogP contribution in [0.2, 0.25) is 0 Å². The minimum Gasteiger partial charge on any atom is -0.391 e. The number of alkyl halides is 1. The van der Waals surface area contributed by atoms with Crippen molar-refractivity contribution in [2.24, 2.45) is 5.73 Å². The maximum atomic E-state index is 11.2. The molecule has 1 heterocycles. The molecule has 1 aliphatic rings. The third-order valence-corrected chi connectivity index (χ3v) is 2.52. The van der Waals surface area contributed by atoms with E-state index in [1.165, 1.54) is 4.90 Å². The third-order valence-electron chi connectivity index (χ3n) is 2.04. The van der Waals surface area contributed by atoms with E-state index in [0.717, 1.165) is 0 Å². The Hall–Kier alpha value is -0.620. The summed E-state index contributed by atoms with van der Waals surface area (Å²) in [7, 11) is 0. The Balaban J connectivity index is 2.71. The molecule has 5 nitrogen and oxygen atoms in total. The Labute approximate surface area is 84.0 Å². The van der Waals surface area contributed by atoms with E-state index < -0.39 is 18.1 Å². The lowest BCUT2D eigenvalue weighted by Crippen LogP contribution is -2.44. The van der Waals surface area contributed by atoms with Crippen LogP contribution in [0.4, 0.5) is 0 Å². The number of nitrogens with zero attached hydrogens (tertiary/aromatic N) is 1. The van der Waals surface area contributed by atoms with E-state index in [0.29, 0.717) is 0 Å². The number of β-amino-alcohol motifs (C(OH)–C–C–N with tert-alkyl or cyclic N) is 1. The van der Waals surface area contributed by atoms with E-state index in [1.54, 1.807) is 0 Å². The van der Waals surface area contributed by atoms with Gasteiger partial charge in [-0.2, -0.15) is 0 Å². The zero-order valence-electron chi connectivity index (χ0n) is 6.94. The van der Waals surface area contributed by atoms with Gasteiger partial charge in [0.2, 0.25) is 11.8 Å². The number of likely N-dealkylation sites (tertiary alicyclic amines) is 1. The molecule has 74 valence electrons. The van der Waals surface area contributed by atoms with Crippen molar-refractivity contribution in [3.63, 3.8) is 0 Å². The molecule has 0 aromatic heterocycles. The summed E-state index contributed by atoms with van der Waals surface area (Å²) in [6, 6.07) is -0.653. The average Bonchev–Trinajstić information content (AvgIpc) is 2.46. The topological polar surface area (TPSA) is 83.6 Å². The normalized spacial score (nSPS) is 27.7. The number of nitrogens with two attached hydrogens (primary N) is 1. The molecule has 0 spiro atoms. The number of aliphatic hydroxyl groups is 1. The Morgan fingerprint density at radius 1 is 1.62 bits per heavy atom. The monoisotopic (exact) mass is 250 g/mol. The predicted molar refractivity (Wildman–Crippen MR) is 49.1 cm³/mol. The fraction of sp³-hybridized carbons (Fsp3) is 0.714. The second kappa shape index (κ2) is 4.06. The first-order chi connectivity index (χ1) is 6.06. The minimum atomic E-state index is -0.653. The molecule has 1 fully saturated rings. The third kappa shape index (κ3) is 2.19. The van der Waals surface area contributed by atoms with Gasteiger partial charge in [-0.25, -0.2) is 0 Å². The molecule has 2 unspecified atom stereocenters. The van der Waals surface area contributed by atoms with Gasteiger partial charge in [0, 0.05) is 13.0 Å². The smallest absolute Gasteiger partial charge is 0.240 e. The summed E-state index contributed by atoms with van der Waals surface area (Å²) in [5.41, 5.74) is 5.08. The van der Waals surface area contributed by atoms with Crippen molar-refractivity contribution in [3.05, 3.63) is 0 Å². The highest BCUT2D eigenvalue weighted by molar-refractivity contribution is 9.09. The molecule has 0 aliphatic carbocycles. The zero-order chi connectivity index (χ0) is 10.0. The average molecular weight is 251 g/mol. The first-order valence-corrected chi connectivity index (χ1v) is 5.01. The molecule has 3 N–H and O–H groups in total. The summed E-state index contributed by atoms with van der Waals surface area (Å²) in [6.45, 7) is 0.193. The number of amides is 2. The van der Waals surface area contributed by atoms with Gasteiger partial charge in [-0.3, -0.25) is 9.59 Å². The van der Waals surface area contributed by atoms with Crippen molar-refractivity contribution >= 4 is 27.7 Å². The quantitative estimate of drug-likeness (QED) is 0.606. The Kier molecular flexibility index (Phi) is 3.27. The number of primary amides is 1. The number of rotatable bonds is 2. The first kappa shape index (κ1) is 10.5. The maximum Gasteiger partial charge on any atom is 0.240 e. The summed E-state index contributed by atoms with van der Waals surface area (Å²) in [5.74, 6) is -0.786. The number of carbonyl (C=O) groups is 2. The lowest BCUT2D eigenvalue weighted by molar-refractivity contribution is -0.135. The van der Waals surface area contributed by atoms with E-state index >= 15 is 0 Å². The molecular formula is C7H11BrN2O3. The van der Waals surface area contributed by atoms with Crippen LogP contribution in [-0.2, 0) is 9.59 Å². The summed E-state index contributed by atoms with van der Waals surface area (Å²) in [6.07, 6.45) is -0.394. The van der Waals surface area contributed by atoms with E-state index in [4.69, 9.17) is 5.73 Å². The maximum absolute atomic E-state index is 11.2. The molecular weight excluding hydrogens is 240 g/mol. The summed E-state index contributed by atoms with van der Waals surface area (Å²) in [5, 5.41) is 9.39. The van der Waals surface area contributed by atoms with Crippen LogP contribution in [0.1, 0.15) is 6.42 Å². The summed E-state index contributed by atoms with van der Waals surface area (Å²) < 4.78 is 0. The largest absolute Gasteiger partial charge is 0.391 e. The van der Waals surface area contributed by atoms with Crippen LogP contribution in [0, 0.1) is 0 Å².